The molecule has 1 aromatic carbocycles. The SMILES string of the molecule is Nc1cc(NS(=O)(=O)C2CC2)ccc1F. The van der Waals surface area contributed by atoms with Gasteiger partial charge in [-0.15, -0.1) is 0 Å². The van der Waals surface area contributed by atoms with Crippen molar-refractivity contribution >= 4 is 21.4 Å². The van der Waals surface area contributed by atoms with E-state index in [1.54, 1.807) is 0 Å². The molecule has 4 nitrogen and oxygen atoms in total. The summed E-state index contributed by atoms with van der Waals surface area (Å²) in [6.45, 7) is 0. The van der Waals surface area contributed by atoms with E-state index in [1.165, 1.54) is 12.1 Å². The summed E-state index contributed by atoms with van der Waals surface area (Å²) in [5, 5.41) is -0.302. The van der Waals surface area contributed by atoms with Crippen LogP contribution < -0.4 is 10.5 Å². The van der Waals surface area contributed by atoms with E-state index >= 15 is 0 Å². The number of halogens is 1. The third kappa shape index (κ3) is 2.20. The highest BCUT2D eigenvalue weighted by Gasteiger charge is 2.35. The molecule has 0 bridgehead atoms. The molecular weight excluding hydrogens is 219 g/mol. The number of nitrogens with two attached hydrogens (primary N) is 1. The van der Waals surface area contributed by atoms with Gasteiger partial charge in [-0.1, -0.05) is 0 Å². The summed E-state index contributed by atoms with van der Waals surface area (Å²) in [5.41, 5.74) is 5.56. The number of anilines is 2. The molecule has 15 heavy (non-hydrogen) atoms. The van der Waals surface area contributed by atoms with Gasteiger partial charge in [-0.2, -0.15) is 0 Å². The molecule has 0 aromatic heterocycles. The van der Waals surface area contributed by atoms with Crippen LogP contribution in [0.25, 0.3) is 0 Å². The zero-order valence-corrected chi connectivity index (χ0v) is 8.72. The average Bonchev–Trinajstić information content (AvgIpc) is 2.93. The Morgan fingerprint density at radius 3 is 2.60 bits per heavy atom. The van der Waals surface area contributed by atoms with E-state index in [0.717, 1.165) is 6.07 Å². The summed E-state index contributed by atoms with van der Waals surface area (Å²) in [6, 6.07) is 3.76. The third-order valence-electron chi connectivity index (χ3n) is 2.22. The molecule has 2 rings (SSSR count). The minimum atomic E-state index is -3.30. The summed E-state index contributed by atoms with van der Waals surface area (Å²) < 4.78 is 38.2. The number of sulfonamides is 1. The standard InChI is InChI=1S/C9H11FN2O2S/c10-8-4-1-6(5-9(8)11)12-15(13,14)7-2-3-7/h1,4-5,7,12H,2-3,11H2. The van der Waals surface area contributed by atoms with Crippen LogP contribution in [0, 0.1) is 5.82 Å². The zero-order valence-electron chi connectivity index (χ0n) is 7.90. The van der Waals surface area contributed by atoms with E-state index in [9.17, 15) is 12.8 Å². The first kappa shape index (κ1) is 10.2. The van der Waals surface area contributed by atoms with Gasteiger partial charge >= 0.3 is 0 Å². The second-order valence-electron chi connectivity index (χ2n) is 3.58. The number of rotatable bonds is 3. The minimum Gasteiger partial charge on any atom is -0.396 e. The van der Waals surface area contributed by atoms with Crippen molar-refractivity contribution in [3.8, 4) is 0 Å². The van der Waals surface area contributed by atoms with Crippen LogP contribution in [0.3, 0.4) is 0 Å². The van der Waals surface area contributed by atoms with Crippen molar-refractivity contribution in [2.45, 2.75) is 18.1 Å². The van der Waals surface area contributed by atoms with E-state index in [0.29, 0.717) is 18.5 Å². The Morgan fingerprint density at radius 2 is 2.07 bits per heavy atom. The van der Waals surface area contributed by atoms with Gasteiger partial charge in [0, 0.05) is 0 Å². The van der Waals surface area contributed by atoms with Crippen molar-refractivity contribution < 1.29 is 12.8 Å². The highest BCUT2D eigenvalue weighted by molar-refractivity contribution is 7.93. The summed E-state index contributed by atoms with van der Waals surface area (Å²) >= 11 is 0. The predicted octanol–water partition coefficient (Wildman–Crippen LogP) is 1.31. The maximum absolute atomic E-state index is 12.8. The first-order chi connectivity index (χ1) is 6.99. The summed E-state index contributed by atoms with van der Waals surface area (Å²) in [4.78, 5) is 0. The Bertz CT molecular complexity index is 483. The van der Waals surface area contributed by atoms with Crippen molar-refractivity contribution in [2.75, 3.05) is 10.5 Å². The quantitative estimate of drug-likeness (QED) is 0.769. The van der Waals surface area contributed by atoms with Gasteiger partial charge in [0.15, 0.2) is 0 Å². The highest BCUT2D eigenvalue weighted by Crippen LogP contribution is 2.30. The number of hydrogen-bond acceptors (Lipinski definition) is 3. The van der Waals surface area contributed by atoms with Gasteiger partial charge in [0.2, 0.25) is 10.0 Å². The zero-order chi connectivity index (χ0) is 11.1. The molecule has 0 atom stereocenters. The fourth-order valence-corrected chi connectivity index (χ4v) is 2.61. The number of nitrogen functional groups attached to an aromatic ring is 1. The maximum Gasteiger partial charge on any atom is 0.235 e. The molecule has 0 amide bonds. The summed E-state index contributed by atoms with van der Waals surface area (Å²) in [5.74, 6) is -0.552. The Balaban J connectivity index is 2.21. The van der Waals surface area contributed by atoms with Gasteiger partial charge in [0.25, 0.3) is 0 Å². The molecule has 1 aliphatic carbocycles. The lowest BCUT2D eigenvalue weighted by Gasteiger charge is -2.07. The average molecular weight is 230 g/mol. The van der Waals surface area contributed by atoms with Crippen LogP contribution in [0.2, 0.25) is 0 Å². The van der Waals surface area contributed by atoms with Gasteiger partial charge in [0.1, 0.15) is 5.82 Å². The van der Waals surface area contributed by atoms with Gasteiger partial charge in [-0.05, 0) is 31.0 Å². The molecule has 0 saturated heterocycles. The number of benzene rings is 1. The molecule has 82 valence electrons. The lowest BCUT2D eigenvalue weighted by atomic mass is 10.3. The molecule has 1 aliphatic rings. The lowest BCUT2D eigenvalue weighted by Crippen LogP contribution is -2.17. The first-order valence-corrected chi connectivity index (χ1v) is 6.10. The van der Waals surface area contributed by atoms with Crippen LogP contribution in [-0.4, -0.2) is 13.7 Å². The molecule has 1 aromatic rings. The summed E-state index contributed by atoms with van der Waals surface area (Å²) in [6.07, 6.45) is 1.37. The van der Waals surface area contributed by atoms with E-state index in [-0.39, 0.29) is 10.9 Å². The van der Waals surface area contributed by atoms with Gasteiger partial charge in [0.05, 0.1) is 16.6 Å². The molecule has 0 radical (unpaired) electrons. The van der Waals surface area contributed by atoms with Crippen LogP contribution in [0.1, 0.15) is 12.8 Å². The largest absolute Gasteiger partial charge is 0.396 e. The normalized spacial score (nSPS) is 16.3. The van der Waals surface area contributed by atoms with Crippen LogP contribution >= 0.6 is 0 Å². The van der Waals surface area contributed by atoms with E-state index < -0.39 is 15.8 Å². The summed E-state index contributed by atoms with van der Waals surface area (Å²) in [7, 11) is -3.30. The van der Waals surface area contributed by atoms with Crippen molar-refractivity contribution in [3.63, 3.8) is 0 Å². The van der Waals surface area contributed by atoms with Gasteiger partial charge < -0.3 is 5.73 Å². The van der Waals surface area contributed by atoms with Crippen molar-refractivity contribution in [2.24, 2.45) is 0 Å². The lowest BCUT2D eigenvalue weighted by molar-refractivity contribution is 0.600. The maximum atomic E-state index is 12.8. The van der Waals surface area contributed by atoms with Crippen LogP contribution in [-0.2, 0) is 10.0 Å². The van der Waals surface area contributed by atoms with E-state index in [4.69, 9.17) is 5.73 Å². The monoisotopic (exact) mass is 230 g/mol. The van der Waals surface area contributed by atoms with Crippen LogP contribution in [0.5, 0.6) is 0 Å². The van der Waals surface area contributed by atoms with Gasteiger partial charge in [-0.3, -0.25) is 4.72 Å². The molecule has 3 N–H and O–H groups in total. The molecule has 0 aliphatic heterocycles. The van der Waals surface area contributed by atoms with Crippen molar-refractivity contribution in [1.29, 1.82) is 0 Å². The molecule has 1 saturated carbocycles. The fraction of sp³-hybridized carbons (Fsp3) is 0.333. The Hall–Kier alpha value is -1.30. The molecule has 0 unspecified atom stereocenters. The van der Waals surface area contributed by atoms with E-state index in [2.05, 4.69) is 4.72 Å². The predicted molar refractivity (Wildman–Crippen MR) is 56.4 cm³/mol. The van der Waals surface area contributed by atoms with Crippen LogP contribution in [0.4, 0.5) is 15.8 Å². The van der Waals surface area contributed by atoms with Crippen molar-refractivity contribution in [1.82, 2.24) is 0 Å². The number of hydrogen-bond donors (Lipinski definition) is 2. The highest BCUT2D eigenvalue weighted by atomic mass is 32.2. The molecule has 0 spiro atoms. The first-order valence-electron chi connectivity index (χ1n) is 4.56. The molecule has 0 heterocycles. The fourth-order valence-electron chi connectivity index (χ4n) is 1.23. The minimum absolute atomic E-state index is 0.0639. The Kier molecular flexibility index (Phi) is 2.30. The number of nitrogens with one attached hydrogen (secondary N) is 1. The van der Waals surface area contributed by atoms with Crippen molar-refractivity contribution in [3.05, 3.63) is 24.0 Å². The smallest absolute Gasteiger partial charge is 0.235 e. The van der Waals surface area contributed by atoms with Gasteiger partial charge in [-0.25, -0.2) is 12.8 Å². The topological polar surface area (TPSA) is 72.2 Å². The second-order valence-corrected chi connectivity index (χ2v) is 5.54. The van der Waals surface area contributed by atoms with E-state index in [1.807, 2.05) is 0 Å². The van der Waals surface area contributed by atoms with Crippen LogP contribution in [0.15, 0.2) is 18.2 Å². The molecule has 1 fully saturated rings. The molecular formula is C9H11FN2O2S. The third-order valence-corrected chi connectivity index (χ3v) is 4.09. The Morgan fingerprint density at radius 1 is 1.40 bits per heavy atom. The molecule has 6 heteroatoms. The second kappa shape index (κ2) is 3.37. The Labute approximate surface area is 87.3 Å².